The third-order valence-electron chi connectivity index (χ3n) is 2.68. The second kappa shape index (κ2) is 6.48. The number of carbonyl (C=O) groups is 1. The normalized spacial score (nSPS) is 10.1. The summed E-state index contributed by atoms with van der Waals surface area (Å²) in [6.07, 6.45) is 1.43. The minimum Gasteiger partial charge on any atom is -0.477 e. The number of carboxylic acids is 1. The van der Waals surface area contributed by atoms with Crippen LogP contribution in [0.15, 0.2) is 36.5 Å². The number of nitro groups is 1. The van der Waals surface area contributed by atoms with Crippen molar-refractivity contribution in [3.8, 4) is 0 Å². The quantitative estimate of drug-likeness (QED) is 0.455. The third kappa shape index (κ3) is 3.88. The zero-order chi connectivity index (χ0) is 15.4. The number of halogens is 1. The molecule has 0 amide bonds. The number of nitro benzene ring substituents is 1. The van der Waals surface area contributed by atoms with Crippen LogP contribution in [0.3, 0.4) is 0 Å². The molecule has 8 heteroatoms. The van der Waals surface area contributed by atoms with E-state index >= 15 is 0 Å². The smallest absolute Gasteiger partial charge is 0.354 e. The van der Waals surface area contributed by atoms with Gasteiger partial charge in [-0.05, 0) is 46.4 Å². The fraction of sp³-hybridized carbons (Fsp3) is 0.0769. The van der Waals surface area contributed by atoms with Crippen molar-refractivity contribution in [2.75, 3.05) is 5.32 Å². The zero-order valence-electron chi connectivity index (χ0n) is 10.6. The minimum absolute atomic E-state index is 0.00276. The molecule has 1 aromatic heterocycles. The van der Waals surface area contributed by atoms with E-state index in [0.717, 1.165) is 9.13 Å². The second-order valence-corrected chi connectivity index (χ2v) is 5.37. The highest BCUT2D eigenvalue weighted by molar-refractivity contribution is 14.1. The summed E-state index contributed by atoms with van der Waals surface area (Å²) in [5.41, 5.74) is 1.09. The topological polar surface area (TPSA) is 105 Å². The number of rotatable bonds is 5. The first-order valence-electron chi connectivity index (χ1n) is 5.83. The number of nitrogens with zero attached hydrogens (tertiary/aromatic N) is 2. The highest BCUT2D eigenvalue weighted by atomic mass is 127. The molecular formula is C13H10IN3O4. The van der Waals surface area contributed by atoms with E-state index < -0.39 is 10.9 Å². The standard InChI is InChI=1S/C13H10IN3O4/c14-9-2-4-10(12(5-9)17(20)21)15-6-8-1-3-11(13(18)19)16-7-8/h1-5,7,15H,6H2,(H,18,19). The number of aromatic carboxylic acids is 1. The van der Waals surface area contributed by atoms with Gasteiger partial charge in [0.25, 0.3) is 5.69 Å². The van der Waals surface area contributed by atoms with E-state index in [1.54, 1.807) is 18.2 Å². The summed E-state index contributed by atoms with van der Waals surface area (Å²) < 4.78 is 0.775. The van der Waals surface area contributed by atoms with Gasteiger partial charge in [0.15, 0.2) is 0 Å². The van der Waals surface area contributed by atoms with Crippen molar-refractivity contribution in [1.82, 2.24) is 4.98 Å². The van der Waals surface area contributed by atoms with Crippen LogP contribution in [0.2, 0.25) is 0 Å². The van der Waals surface area contributed by atoms with Crippen molar-refractivity contribution in [3.63, 3.8) is 0 Å². The van der Waals surface area contributed by atoms with Crippen LogP contribution in [0.1, 0.15) is 16.1 Å². The lowest BCUT2D eigenvalue weighted by Crippen LogP contribution is -2.05. The fourth-order valence-electron chi connectivity index (χ4n) is 1.66. The summed E-state index contributed by atoms with van der Waals surface area (Å²) in [6, 6.07) is 7.89. The molecule has 2 aromatic rings. The molecule has 0 aliphatic carbocycles. The Morgan fingerprint density at radius 2 is 2.14 bits per heavy atom. The lowest BCUT2D eigenvalue weighted by atomic mass is 10.2. The third-order valence-corrected chi connectivity index (χ3v) is 3.35. The first kappa shape index (κ1) is 15.2. The van der Waals surface area contributed by atoms with Crippen LogP contribution in [0.5, 0.6) is 0 Å². The van der Waals surface area contributed by atoms with Gasteiger partial charge in [0.1, 0.15) is 11.4 Å². The molecule has 7 nitrogen and oxygen atoms in total. The summed E-state index contributed by atoms with van der Waals surface area (Å²) in [4.78, 5) is 25.0. The van der Waals surface area contributed by atoms with Crippen LogP contribution >= 0.6 is 22.6 Å². The lowest BCUT2D eigenvalue weighted by molar-refractivity contribution is -0.384. The Hall–Kier alpha value is -2.23. The number of nitrogens with one attached hydrogen (secondary N) is 1. The van der Waals surface area contributed by atoms with Gasteiger partial charge >= 0.3 is 5.97 Å². The predicted molar refractivity (Wildman–Crippen MR) is 84.3 cm³/mol. The number of hydrogen-bond acceptors (Lipinski definition) is 5. The molecule has 0 saturated carbocycles. The van der Waals surface area contributed by atoms with Gasteiger partial charge in [0.2, 0.25) is 0 Å². The molecule has 108 valence electrons. The van der Waals surface area contributed by atoms with E-state index in [9.17, 15) is 14.9 Å². The van der Waals surface area contributed by atoms with E-state index in [0.29, 0.717) is 12.2 Å². The molecule has 0 saturated heterocycles. The van der Waals surface area contributed by atoms with Crippen LogP contribution in [-0.4, -0.2) is 21.0 Å². The largest absolute Gasteiger partial charge is 0.477 e. The van der Waals surface area contributed by atoms with E-state index in [4.69, 9.17) is 5.11 Å². The highest BCUT2D eigenvalue weighted by Gasteiger charge is 2.13. The number of hydrogen-bond donors (Lipinski definition) is 2. The molecule has 21 heavy (non-hydrogen) atoms. The monoisotopic (exact) mass is 399 g/mol. The predicted octanol–water partition coefficient (Wildman–Crippen LogP) is 2.90. The number of aromatic nitrogens is 1. The molecule has 1 aromatic carbocycles. The summed E-state index contributed by atoms with van der Waals surface area (Å²) in [7, 11) is 0. The molecule has 0 aliphatic rings. The maximum absolute atomic E-state index is 11.0. The molecule has 0 radical (unpaired) electrons. The van der Waals surface area contributed by atoms with Crippen LogP contribution in [0.25, 0.3) is 0 Å². The van der Waals surface area contributed by atoms with E-state index in [1.165, 1.54) is 18.3 Å². The van der Waals surface area contributed by atoms with Gasteiger partial charge < -0.3 is 10.4 Å². The van der Waals surface area contributed by atoms with Crippen LogP contribution in [0.4, 0.5) is 11.4 Å². The van der Waals surface area contributed by atoms with Crippen molar-refractivity contribution in [2.24, 2.45) is 0 Å². The maximum atomic E-state index is 11.0. The molecule has 0 spiro atoms. The van der Waals surface area contributed by atoms with Gasteiger partial charge in [0.05, 0.1) is 4.92 Å². The van der Waals surface area contributed by atoms with Gasteiger partial charge in [-0.25, -0.2) is 9.78 Å². The zero-order valence-corrected chi connectivity index (χ0v) is 12.8. The minimum atomic E-state index is -1.09. The van der Waals surface area contributed by atoms with Gasteiger partial charge in [-0.2, -0.15) is 0 Å². The fourth-order valence-corrected chi connectivity index (χ4v) is 2.13. The van der Waals surface area contributed by atoms with E-state index in [-0.39, 0.29) is 11.4 Å². The van der Waals surface area contributed by atoms with E-state index in [1.807, 2.05) is 22.6 Å². The SMILES string of the molecule is O=C(O)c1ccc(CNc2ccc(I)cc2[N+](=O)[O-])cn1. The maximum Gasteiger partial charge on any atom is 0.354 e. The van der Waals surface area contributed by atoms with Gasteiger partial charge in [-0.15, -0.1) is 0 Å². The van der Waals surface area contributed by atoms with Crippen molar-refractivity contribution in [2.45, 2.75) is 6.54 Å². The molecule has 0 fully saturated rings. The Balaban J connectivity index is 2.13. The summed E-state index contributed by atoms with van der Waals surface area (Å²) >= 11 is 2.01. The second-order valence-electron chi connectivity index (χ2n) is 4.13. The van der Waals surface area contributed by atoms with Crippen molar-refractivity contribution in [3.05, 3.63) is 61.5 Å². The summed E-state index contributed by atoms with van der Waals surface area (Å²) in [5, 5.41) is 22.7. The van der Waals surface area contributed by atoms with Crippen molar-refractivity contribution >= 4 is 39.9 Å². The molecule has 2 rings (SSSR count). The number of benzene rings is 1. The molecule has 0 unspecified atom stereocenters. The van der Waals surface area contributed by atoms with Crippen LogP contribution in [0, 0.1) is 13.7 Å². The Bertz CT molecular complexity index is 688. The molecule has 2 N–H and O–H groups in total. The average Bonchev–Trinajstić information content (AvgIpc) is 2.46. The number of carboxylic acid groups (broad SMARTS) is 1. The Labute approximate surface area is 133 Å². The van der Waals surface area contributed by atoms with Gasteiger partial charge in [-0.1, -0.05) is 6.07 Å². The first-order valence-corrected chi connectivity index (χ1v) is 6.91. The van der Waals surface area contributed by atoms with Gasteiger partial charge in [0, 0.05) is 22.4 Å². The molecule has 1 heterocycles. The highest BCUT2D eigenvalue weighted by Crippen LogP contribution is 2.26. The molecule has 0 aliphatic heterocycles. The van der Waals surface area contributed by atoms with Gasteiger partial charge in [-0.3, -0.25) is 10.1 Å². The Morgan fingerprint density at radius 3 is 2.71 bits per heavy atom. The molecular weight excluding hydrogens is 389 g/mol. The molecule has 0 bridgehead atoms. The van der Waals surface area contributed by atoms with Crippen molar-refractivity contribution < 1.29 is 14.8 Å². The number of pyridine rings is 1. The average molecular weight is 399 g/mol. The van der Waals surface area contributed by atoms with Crippen LogP contribution in [-0.2, 0) is 6.54 Å². The lowest BCUT2D eigenvalue weighted by Gasteiger charge is -2.07. The van der Waals surface area contributed by atoms with Crippen molar-refractivity contribution in [1.29, 1.82) is 0 Å². The Morgan fingerprint density at radius 1 is 1.38 bits per heavy atom. The van der Waals surface area contributed by atoms with Crippen LogP contribution < -0.4 is 5.32 Å². The molecule has 0 atom stereocenters. The number of anilines is 1. The van der Waals surface area contributed by atoms with E-state index in [2.05, 4.69) is 10.3 Å². The first-order chi connectivity index (χ1) is 9.97. The summed E-state index contributed by atoms with van der Waals surface area (Å²) in [5.74, 6) is -1.09. The Kier molecular flexibility index (Phi) is 4.68. The summed E-state index contributed by atoms with van der Waals surface area (Å²) in [6.45, 7) is 0.314.